The number of benzene rings is 2. The standard InChI is InChI=1S/C22H29N3O3S/c1-24(2)12-11-19-15-25(13-10-17-4-7-20(28-3)8-5-17)22-9-6-18(14-21(19)22)16-29(23,26)27/h4-9,14-15H,10-13,16H2,1-3H3,(H2,23,26,27). The Morgan fingerprint density at radius 1 is 1.03 bits per heavy atom. The molecule has 0 amide bonds. The van der Waals surface area contributed by atoms with Gasteiger partial charge in [0.05, 0.1) is 12.9 Å². The molecule has 1 heterocycles. The minimum Gasteiger partial charge on any atom is -0.497 e. The average Bonchev–Trinajstić information content (AvgIpc) is 3.01. The van der Waals surface area contributed by atoms with Crippen LogP contribution < -0.4 is 9.88 Å². The second kappa shape index (κ2) is 8.98. The van der Waals surface area contributed by atoms with Crippen molar-refractivity contribution in [3.8, 4) is 5.75 Å². The Bertz CT molecular complexity index is 1070. The Labute approximate surface area is 172 Å². The van der Waals surface area contributed by atoms with Crippen LogP contribution >= 0.6 is 0 Å². The maximum absolute atomic E-state index is 11.5. The van der Waals surface area contributed by atoms with E-state index in [2.05, 4.69) is 41.9 Å². The summed E-state index contributed by atoms with van der Waals surface area (Å²) < 4.78 is 30.5. The Morgan fingerprint density at radius 2 is 1.72 bits per heavy atom. The van der Waals surface area contributed by atoms with Crippen molar-refractivity contribution in [2.45, 2.75) is 25.1 Å². The number of nitrogens with two attached hydrogens (primary N) is 1. The Kier molecular flexibility index (Phi) is 6.62. The van der Waals surface area contributed by atoms with Gasteiger partial charge in [-0.05, 0) is 67.9 Å². The predicted octanol–water partition coefficient (Wildman–Crippen LogP) is 2.79. The van der Waals surface area contributed by atoms with Gasteiger partial charge in [0.1, 0.15) is 5.75 Å². The molecule has 0 aliphatic heterocycles. The number of nitrogens with zero attached hydrogens (tertiary/aromatic N) is 2. The number of sulfonamides is 1. The topological polar surface area (TPSA) is 77.6 Å². The summed E-state index contributed by atoms with van der Waals surface area (Å²) in [6.45, 7) is 1.77. The molecule has 6 nitrogen and oxygen atoms in total. The van der Waals surface area contributed by atoms with E-state index in [-0.39, 0.29) is 5.75 Å². The zero-order valence-electron chi connectivity index (χ0n) is 17.3. The van der Waals surface area contributed by atoms with Crippen molar-refractivity contribution in [3.63, 3.8) is 0 Å². The highest BCUT2D eigenvalue weighted by Crippen LogP contribution is 2.25. The van der Waals surface area contributed by atoms with Crippen LogP contribution in [0.4, 0.5) is 0 Å². The molecule has 2 aromatic carbocycles. The fourth-order valence-corrected chi connectivity index (χ4v) is 4.15. The summed E-state index contributed by atoms with van der Waals surface area (Å²) in [5.74, 6) is 0.709. The first-order chi connectivity index (χ1) is 13.7. The van der Waals surface area contributed by atoms with Gasteiger partial charge in [0, 0.05) is 30.2 Å². The molecule has 3 rings (SSSR count). The predicted molar refractivity (Wildman–Crippen MR) is 118 cm³/mol. The van der Waals surface area contributed by atoms with Crippen molar-refractivity contribution in [1.29, 1.82) is 0 Å². The Hall–Kier alpha value is -2.35. The van der Waals surface area contributed by atoms with Crippen molar-refractivity contribution in [2.24, 2.45) is 5.14 Å². The van der Waals surface area contributed by atoms with E-state index in [1.165, 1.54) is 11.1 Å². The second-order valence-corrected chi connectivity index (χ2v) is 9.27. The first-order valence-corrected chi connectivity index (χ1v) is 11.4. The highest BCUT2D eigenvalue weighted by molar-refractivity contribution is 7.88. The highest BCUT2D eigenvalue weighted by Gasteiger charge is 2.12. The lowest BCUT2D eigenvalue weighted by Crippen LogP contribution is -2.15. The molecule has 0 aliphatic rings. The maximum atomic E-state index is 11.5. The highest BCUT2D eigenvalue weighted by atomic mass is 32.2. The smallest absolute Gasteiger partial charge is 0.213 e. The fraction of sp³-hybridized carbons (Fsp3) is 0.364. The number of hydrogen-bond donors (Lipinski definition) is 1. The van der Waals surface area contributed by atoms with Gasteiger partial charge in [-0.2, -0.15) is 0 Å². The van der Waals surface area contributed by atoms with Crippen LogP contribution in [0.25, 0.3) is 10.9 Å². The van der Waals surface area contributed by atoms with Gasteiger partial charge in [-0.25, -0.2) is 13.6 Å². The van der Waals surface area contributed by atoms with Crippen LogP contribution in [0.1, 0.15) is 16.7 Å². The van der Waals surface area contributed by atoms with E-state index in [0.29, 0.717) is 0 Å². The Morgan fingerprint density at radius 3 is 2.34 bits per heavy atom. The number of primary sulfonamides is 1. The molecule has 0 saturated heterocycles. The van der Waals surface area contributed by atoms with E-state index in [9.17, 15) is 8.42 Å². The van der Waals surface area contributed by atoms with Crippen LogP contribution in [0.15, 0.2) is 48.7 Å². The number of aromatic nitrogens is 1. The number of rotatable bonds is 9. The molecule has 0 unspecified atom stereocenters. The van der Waals surface area contributed by atoms with Crippen LogP contribution in [0.3, 0.4) is 0 Å². The third-order valence-corrected chi connectivity index (χ3v) is 5.76. The summed E-state index contributed by atoms with van der Waals surface area (Å²) in [7, 11) is 2.21. The van der Waals surface area contributed by atoms with E-state index in [1.54, 1.807) is 7.11 Å². The van der Waals surface area contributed by atoms with Crippen molar-refractivity contribution in [2.75, 3.05) is 27.7 Å². The third kappa shape index (κ3) is 5.82. The van der Waals surface area contributed by atoms with Crippen LogP contribution in [0.2, 0.25) is 0 Å². The Balaban J connectivity index is 1.88. The van der Waals surface area contributed by atoms with Crippen LogP contribution in [-0.2, 0) is 35.2 Å². The van der Waals surface area contributed by atoms with Gasteiger partial charge in [-0.3, -0.25) is 0 Å². The summed E-state index contributed by atoms with van der Waals surface area (Å²) in [5, 5.41) is 6.34. The van der Waals surface area contributed by atoms with Gasteiger partial charge in [0.2, 0.25) is 10.0 Å². The molecule has 0 atom stereocenters. The minimum atomic E-state index is -3.55. The zero-order valence-corrected chi connectivity index (χ0v) is 18.1. The van der Waals surface area contributed by atoms with Gasteiger partial charge in [-0.1, -0.05) is 18.2 Å². The van der Waals surface area contributed by atoms with Gasteiger partial charge >= 0.3 is 0 Å². The molecule has 0 aliphatic carbocycles. The largest absolute Gasteiger partial charge is 0.497 e. The number of likely N-dealkylation sites (N-methyl/N-ethyl adjacent to an activating group) is 1. The lowest BCUT2D eigenvalue weighted by molar-refractivity contribution is 0.414. The van der Waals surface area contributed by atoms with E-state index in [0.717, 1.165) is 48.1 Å². The van der Waals surface area contributed by atoms with Crippen LogP contribution in [0.5, 0.6) is 5.75 Å². The van der Waals surface area contributed by atoms with Crippen molar-refractivity contribution < 1.29 is 13.2 Å². The quantitative estimate of drug-likeness (QED) is 0.583. The molecular formula is C22H29N3O3S. The second-order valence-electron chi connectivity index (χ2n) is 7.66. The molecule has 2 N–H and O–H groups in total. The van der Waals surface area contributed by atoms with Gasteiger partial charge in [0.25, 0.3) is 0 Å². The van der Waals surface area contributed by atoms with Crippen molar-refractivity contribution in [1.82, 2.24) is 9.47 Å². The molecule has 0 saturated carbocycles. The first kappa shape index (κ1) is 21.4. The molecule has 0 fully saturated rings. The van der Waals surface area contributed by atoms with E-state index in [1.807, 2.05) is 30.3 Å². The first-order valence-electron chi connectivity index (χ1n) is 9.64. The van der Waals surface area contributed by atoms with E-state index in [4.69, 9.17) is 9.88 Å². The molecular weight excluding hydrogens is 386 g/mol. The molecule has 0 radical (unpaired) electrons. The maximum Gasteiger partial charge on any atom is 0.213 e. The average molecular weight is 416 g/mol. The number of hydrogen-bond acceptors (Lipinski definition) is 4. The molecule has 0 spiro atoms. The number of aryl methyl sites for hydroxylation is 2. The van der Waals surface area contributed by atoms with Crippen LogP contribution in [0, 0.1) is 0 Å². The summed E-state index contributed by atoms with van der Waals surface area (Å²) >= 11 is 0. The third-order valence-electron chi connectivity index (χ3n) is 5.02. The van der Waals surface area contributed by atoms with Crippen LogP contribution in [-0.4, -0.2) is 45.6 Å². The lowest BCUT2D eigenvalue weighted by Gasteiger charge is -2.08. The lowest BCUT2D eigenvalue weighted by atomic mass is 10.1. The normalized spacial score (nSPS) is 12.0. The fourth-order valence-electron chi connectivity index (χ4n) is 3.51. The van der Waals surface area contributed by atoms with Gasteiger partial charge in [-0.15, -0.1) is 0 Å². The van der Waals surface area contributed by atoms with Crippen molar-refractivity contribution in [3.05, 3.63) is 65.4 Å². The molecule has 0 bridgehead atoms. The molecule has 1 aromatic heterocycles. The summed E-state index contributed by atoms with van der Waals surface area (Å²) in [6.07, 6.45) is 4.00. The van der Waals surface area contributed by atoms with Crippen molar-refractivity contribution >= 4 is 20.9 Å². The number of ether oxygens (including phenoxy) is 1. The summed E-state index contributed by atoms with van der Waals surface area (Å²) in [4.78, 5) is 2.15. The number of methoxy groups -OCH3 is 1. The summed E-state index contributed by atoms with van der Waals surface area (Å²) in [5.41, 5.74) is 4.30. The minimum absolute atomic E-state index is 0.146. The SMILES string of the molecule is COc1ccc(CCn2cc(CCN(C)C)c3cc(CS(N)(=O)=O)ccc32)cc1. The van der Waals surface area contributed by atoms with Gasteiger partial charge in [0.15, 0.2) is 0 Å². The van der Waals surface area contributed by atoms with E-state index < -0.39 is 10.0 Å². The van der Waals surface area contributed by atoms with E-state index >= 15 is 0 Å². The number of fused-ring (bicyclic) bond motifs is 1. The molecule has 7 heteroatoms. The molecule has 3 aromatic rings. The monoisotopic (exact) mass is 415 g/mol. The molecule has 156 valence electrons. The summed E-state index contributed by atoms with van der Waals surface area (Å²) in [6, 6.07) is 13.9. The molecule has 29 heavy (non-hydrogen) atoms. The zero-order chi connectivity index (χ0) is 21.0. The van der Waals surface area contributed by atoms with Gasteiger partial charge < -0.3 is 14.2 Å².